The highest BCUT2D eigenvalue weighted by molar-refractivity contribution is 6.30. The lowest BCUT2D eigenvalue weighted by Gasteiger charge is -2.28. The van der Waals surface area contributed by atoms with Crippen LogP contribution in [-0.2, 0) is 4.74 Å². The molecule has 1 aliphatic heterocycles. The minimum atomic E-state index is -0.269. The number of fused-ring (bicyclic) bond motifs is 1. The predicted octanol–water partition coefficient (Wildman–Crippen LogP) is 4.23. The predicted molar refractivity (Wildman–Crippen MR) is 130 cm³/mol. The van der Waals surface area contributed by atoms with Crippen molar-refractivity contribution in [2.75, 3.05) is 43.6 Å². The summed E-state index contributed by atoms with van der Waals surface area (Å²) in [6.07, 6.45) is 1.38. The first-order valence-electron chi connectivity index (χ1n) is 10.5. The fourth-order valence-corrected chi connectivity index (χ4v) is 4.07. The van der Waals surface area contributed by atoms with Crippen LogP contribution in [0.1, 0.15) is 0 Å². The van der Waals surface area contributed by atoms with E-state index >= 15 is 0 Å². The molecule has 1 fully saturated rings. The average molecular weight is 464 g/mol. The average Bonchev–Trinajstić information content (AvgIpc) is 2.85. The molecule has 0 atom stereocenters. The Bertz CT molecular complexity index is 1350. The van der Waals surface area contributed by atoms with Gasteiger partial charge < -0.3 is 24.7 Å². The third kappa shape index (κ3) is 4.35. The van der Waals surface area contributed by atoms with Crippen LogP contribution in [0.15, 0.2) is 59.7 Å². The first-order valence-corrected chi connectivity index (χ1v) is 10.9. The minimum Gasteiger partial charge on any atom is -0.496 e. The smallest absolute Gasteiger partial charge is 0.262 e. The monoisotopic (exact) mass is 463 g/mol. The van der Waals surface area contributed by atoms with Crippen molar-refractivity contribution in [3.63, 3.8) is 0 Å². The van der Waals surface area contributed by atoms with Gasteiger partial charge in [-0.2, -0.15) is 0 Å². The Morgan fingerprint density at radius 2 is 1.91 bits per heavy atom. The molecule has 168 valence electrons. The van der Waals surface area contributed by atoms with Crippen molar-refractivity contribution in [2.45, 2.75) is 0 Å². The lowest BCUT2D eigenvalue weighted by molar-refractivity contribution is 0.122. The molecule has 1 saturated heterocycles. The SMILES string of the molecule is COc1cc(Cl)ccc1-c1cc2nc[nH]c(=O)c2c(Nc2ccc(N3CCOCC3)cc2)n1. The van der Waals surface area contributed by atoms with E-state index in [-0.39, 0.29) is 5.56 Å². The Balaban J connectivity index is 1.55. The number of rotatable bonds is 5. The van der Waals surface area contributed by atoms with E-state index < -0.39 is 0 Å². The fraction of sp³-hybridized carbons (Fsp3) is 0.208. The first-order chi connectivity index (χ1) is 16.1. The summed E-state index contributed by atoms with van der Waals surface area (Å²) in [6, 6.07) is 15.1. The Labute approximate surface area is 195 Å². The Hall–Kier alpha value is -3.62. The number of methoxy groups -OCH3 is 1. The number of ether oxygens (including phenoxy) is 2. The molecule has 33 heavy (non-hydrogen) atoms. The van der Waals surface area contributed by atoms with Gasteiger partial charge in [0.15, 0.2) is 0 Å². The molecule has 0 bridgehead atoms. The summed E-state index contributed by atoms with van der Waals surface area (Å²) in [5, 5.41) is 4.24. The van der Waals surface area contributed by atoms with Crippen molar-refractivity contribution in [2.24, 2.45) is 0 Å². The summed E-state index contributed by atoms with van der Waals surface area (Å²) in [5.41, 5.74) is 3.55. The van der Waals surface area contributed by atoms with Gasteiger partial charge in [-0.1, -0.05) is 11.6 Å². The number of anilines is 3. The summed E-state index contributed by atoms with van der Waals surface area (Å²) >= 11 is 6.13. The van der Waals surface area contributed by atoms with Crippen LogP contribution in [-0.4, -0.2) is 48.4 Å². The van der Waals surface area contributed by atoms with Gasteiger partial charge in [-0.15, -0.1) is 0 Å². The van der Waals surface area contributed by atoms with Gasteiger partial charge in [-0.25, -0.2) is 9.97 Å². The fourth-order valence-electron chi connectivity index (χ4n) is 3.91. The number of halogens is 1. The van der Waals surface area contributed by atoms with Crippen LogP contribution < -0.4 is 20.5 Å². The molecule has 2 aromatic carbocycles. The number of benzene rings is 2. The van der Waals surface area contributed by atoms with E-state index in [0.29, 0.717) is 33.2 Å². The van der Waals surface area contributed by atoms with Gasteiger partial charge in [0.2, 0.25) is 0 Å². The van der Waals surface area contributed by atoms with E-state index in [0.717, 1.165) is 43.2 Å². The van der Waals surface area contributed by atoms with Crippen LogP contribution in [0.3, 0.4) is 0 Å². The van der Waals surface area contributed by atoms with Gasteiger partial charge in [0, 0.05) is 35.1 Å². The van der Waals surface area contributed by atoms with Crippen LogP contribution >= 0.6 is 11.6 Å². The van der Waals surface area contributed by atoms with Crippen molar-refractivity contribution in [1.29, 1.82) is 0 Å². The molecule has 2 N–H and O–H groups in total. The van der Waals surface area contributed by atoms with Gasteiger partial charge in [-0.05, 0) is 48.5 Å². The normalized spacial score (nSPS) is 13.8. The van der Waals surface area contributed by atoms with Gasteiger partial charge in [0.1, 0.15) is 17.0 Å². The lowest BCUT2D eigenvalue weighted by Crippen LogP contribution is -2.36. The van der Waals surface area contributed by atoms with Gasteiger partial charge in [0.05, 0.1) is 37.9 Å². The molecule has 0 unspecified atom stereocenters. The van der Waals surface area contributed by atoms with Crippen LogP contribution in [0.2, 0.25) is 5.02 Å². The molecule has 5 rings (SSSR count). The highest BCUT2D eigenvalue weighted by Gasteiger charge is 2.16. The van der Waals surface area contributed by atoms with E-state index in [9.17, 15) is 4.79 Å². The third-order valence-corrected chi connectivity index (χ3v) is 5.81. The molecule has 0 radical (unpaired) electrons. The largest absolute Gasteiger partial charge is 0.496 e. The number of H-pyrrole nitrogens is 1. The molecule has 3 heterocycles. The molecular formula is C24H22ClN5O3. The molecule has 0 amide bonds. The number of aromatic nitrogens is 3. The van der Waals surface area contributed by atoms with Crippen molar-refractivity contribution >= 4 is 39.7 Å². The molecule has 8 nitrogen and oxygen atoms in total. The van der Waals surface area contributed by atoms with E-state index in [1.54, 1.807) is 25.3 Å². The number of aromatic amines is 1. The van der Waals surface area contributed by atoms with Crippen LogP contribution in [0.4, 0.5) is 17.2 Å². The molecule has 4 aromatic rings. The molecule has 2 aromatic heterocycles. The topological polar surface area (TPSA) is 92.4 Å². The quantitative estimate of drug-likeness (QED) is 0.457. The summed E-state index contributed by atoms with van der Waals surface area (Å²) in [6.45, 7) is 3.19. The maximum Gasteiger partial charge on any atom is 0.262 e. The highest BCUT2D eigenvalue weighted by Crippen LogP contribution is 2.34. The van der Waals surface area contributed by atoms with E-state index in [1.165, 1.54) is 6.33 Å². The van der Waals surface area contributed by atoms with Crippen molar-refractivity contribution < 1.29 is 9.47 Å². The van der Waals surface area contributed by atoms with Gasteiger partial charge in [0.25, 0.3) is 5.56 Å². The second-order valence-corrected chi connectivity index (χ2v) is 8.03. The molecule has 0 saturated carbocycles. The molecule has 1 aliphatic rings. The van der Waals surface area contributed by atoms with E-state index in [2.05, 4.69) is 20.2 Å². The minimum absolute atomic E-state index is 0.269. The van der Waals surface area contributed by atoms with Crippen molar-refractivity contribution in [3.05, 3.63) is 70.2 Å². The maximum atomic E-state index is 12.6. The van der Waals surface area contributed by atoms with Crippen LogP contribution in [0.25, 0.3) is 22.2 Å². The second-order valence-electron chi connectivity index (χ2n) is 7.60. The molecule has 0 spiro atoms. The third-order valence-electron chi connectivity index (χ3n) is 5.57. The number of morpholine rings is 1. The van der Waals surface area contributed by atoms with Crippen molar-refractivity contribution in [3.8, 4) is 17.0 Å². The number of hydrogen-bond donors (Lipinski definition) is 2. The van der Waals surface area contributed by atoms with Crippen LogP contribution in [0.5, 0.6) is 5.75 Å². The lowest BCUT2D eigenvalue weighted by atomic mass is 10.1. The number of nitrogens with zero attached hydrogens (tertiary/aromatic N) is 3. The Morgan fingerprint density at radius 1 is 1.12 bits per heavy atom. The molecular weight excluding hydrogens is 442 g/mol. The Kier molecular flexibility index (Phi) is 5.85. The highest BCUT2D eigenvalue weighted by atomic mass is 35.5. The first kappa shape index (κ1) is 21.2. The molecule has 0 aliphatic carbocycles. The van der Waals surface area contributed by atoms with Gasteiger partial charge >= 0.3 is 0 Å². The number of nitrogens with one attached hydrogen (secondary N) is 2. The molecule has 9 heteroatoms. The zero-order valence-electron chi connectivity index (χ0n) is 18.0. The van der Waals surface area contributed by atoms with Crippen LogP contribution in [0, 0.1) is 0 Å². The standard InChI is InChI=1S/C24H22ClN5O3/c1-32-21-12-15(25)2-7-18(21)19-13-20-22(24(31)27-14-26-20)23(29-19)28-16-3-5-17(6-4-16)30-8-10-33-11-9-30/h2-7,12-14H,8-11H2,1H3,(H,28,29)(H,26,27,31). The number of hydrogen-bond acceptors (Lipinski definition) is 7. The Morgan fingerprint density at radius 3 is 2.67 bits per heavy atom. The second kappa shape index (κ2) is 9.09. The summed E-state index contributed by atoms with van der Waals surface area (Å²) in [5.74, 6) is 0.994. The summed E-state index contributed by atoms with van der Waals surface area (Å²) in [4.78, 5) is 26.7. The van der Waals surface area contributed by atoms with Gasteiger partial charge in [-0.3, -0.25) is 4.79 Å². The summed E-state index contributed by atoms with van der Waals surface area (Å²) < 4.78 is 10.9. The van der Waals surface area contributed by atoms with Crippen molar-refractivity contribution in [1.82, 2.24) is 15.0 Å². The maximum absolute atomic E-state index is 12.6. The summed E-state index contributed by atoms with van der Waals surface area (Å²) in [7, 11) is 1.58. The van der Waals surface area contributed by atoms with E-state index in [1.807, 2.05) is 30.3 Å². The zero-order chi connectivity index (χ0) is 22.8. The number of pyridine rings is 1. The zero-order valence-corrected chi connectivity index (χ0v) is 18.7. The van der Waals surface area contributed by atoms with E-state index in [4.69, 9.17) is 26.1 Å².